The van der Waals surface area contributed by atoms with Crippen LogP contribution in [-0.4, -0.2) is 31.8 Å². The number of halogens is 2. The molecule has 1 aromatic rings. The van der Waals surface area contributed by atoms with Gasteiger partial charge < -0.3 is 14.8 Å². The van der Waals surface area contributed by atoms with E-state index in [9.17, 15) is 9.18 Å². The predicted octanol–water partition coefficient (Wildman–Crippen LogP) is 1.76. The smallest absolute Gasteiger partial charge is 0.323 e. The highest BCUT2D eigenvalue weighted by atomic mass is 35.5. The Balaban J connectivity index is 1.97. The molecule has 0 bridgehead atoms. The third-order valence-corrected chi connectivity index (χ3v) is 3.00. The Labute approximate surface area is 109 Å². The Bertz CT molecular complexity index is 455. The van der Waals surface area contributed by atoms with Crippen LogP contribution in [0.25, 0.3) is 0 Å². The van der Waals surface area contributed by atoms with Gasteiger partial charge in [-0.15, -0.1) is 0 Å². The summed E-state index contributed by atoms with van der Waals surface area (Å²) in [5.41, 5.74) is 0. The topological polar surface area (TPSA) is 47.6 Å². The van der Waals surface area contributed by atoms with Crippen molar-refractivity contribution in [2.45, 2.75) is 18.6 Å². The molecule has 0 spiro atoms. The van der Waals surface area contributed by atoms with Gasteiger partial charge in [-0.1, -0.05) is 11.6 Å². The highest BCUT2D eigenvalue weighted by molar-refractivity contribution is 6.30. The van der Waals surface area contributed by atoms with Gasteiger partial charge in [-0.2, -0.15) is 0 Å². The van der Waals surface area contributed by atoms with Crippen LogP contribution in [0.4, 0.5) is 4.39 Å². The molecule has 0 unspecified atom stereocenters. The molecule has 2 atom stereocenters. The molecule has 2 rings (SSSR count). The summed E-state index contributed by atoms with van der Waals surface area (Å²) in [6.07, 6.45) is 0.194. The normalized spacial score (nSPS) is 22.8. The molecule has 0 radical (unpaired) electrons. The third kappa shape index (κ3) is 2.91. The minimum atomic E-state index is -0.510. The quantitative estimate of drug-likeness (QED) is 0.853. The van der Waals surface area contributed by atoms with Crippen LogP contribution >= 0.6 is 11.6 Å². The van der Waals surface area contributed by atoms with Crippen molar-refractivity contribution in [3.63, 3.8) is 0 Å². The highest BCUT2D eigenvalue weighted by Crippen LogP contribution is 2.24. The van der Waals surface area contributed by atoms with Gasteiger partial charge in [0.25, 0.3) is 0 Å². The molecule has 1 aliphatic rings. The average Bonchev–Trinajstić information content (AvgIpc) is 2.80. The number of benzene rings is 1. The summed E-state index contributed by atoms with van der Waals surface area (Å²) in [4.78, 5) is 11.3. The van der Waals surface area contributed by atoms with E-state index in [4.69, 9.17) is 16.3 Å². The number of esters is 1. The summed E-state index contributed by atoms with van der Waals surface area (Å²) in [6, 6.07) is 3.83. The van der Waals surface area contributed by atoms with E-state index in [1.807, 2.05) is 0 Å². The molecule has 1 saturated heterocycles. The standard InChI is InChI=1S/C12H13ClFNO3/c1-17-12(16)10-5-8(6-15-10)18-11-3-2-7(13)4-9(11)14/h2-4,8,10,15H,5-6H2,1H3/t8-,10+/m1/s1. The fourth-order valence-corrected chi connectivity index (χ4v) is 2.02. The van der Waals surface area contributed by atoms with Crippen molar-refractivity contribution >= 4 is 17.6 Å². The number of hydrogen-bond acceptors (Lipinski definition) is 4. The lowest BCUT2D eigenvalue weighted by Gasteiger charge is -2.13. The molecular weight excluding hydrogens is 261 g/mol. The Hall–Kier alpha value is -1.33. The Kier molecular flexibility index (Phi) is 4.04. The lowest BCUT2D eigenvalue weighted by Crippen LogP contribution is -2.31. The fourth-order valence-electron chi connectivity index (χ4n) is 1.87. The lowest BCUT2D eigenvalue weighted by molar-refractivity contribution is -0.142. The molecule has 4 nitrogen and oxygen atoms in total. The number of carbonyl (C=O) groups excluding carboxylic acids is 1. The number of hydrogen-bond donors (Lipinski definition) is 1. The second-order valence-electron chi connectivity index (χ2n) is 4.03. The number of ether oxygens (including phenoxy) is 2. The minimum absolute atomic E-state index is 0.136. The zero-order valence-electron chi connectivity index (χ0n) is 9.78. The van der Waals surface area contributed by atoms with Crippen LogP contribution in [0.15, 0.2) is 18.2 Å². The van der Waals surface area contributed by atoms with E-state index in [1.165, 1.54) is 19.2 Å². The summed E-state index contributed by atoms with van der Waals surface area (Å²) in [5, 5.41) is 3.28. The van der Waals surface area contributed by atoms with Crippen LogP contribution in [0.3, 0.4) is 0 Å². The molecule has 1 aromatic carbocycles. The maximum atomic E-state index is 13.5. The Morgan fingerprint density at radius 2 is 2.33 bits per heavy atom. The van der Waals surface area contributed by atoms with Crippen LogP contribution in [0.5, 0.6) is 5.75 Å². The number of nitrogens with one attached hydrogen (secondary N) is 1. The van der Waals surface area contributed by atoms with Crippen molar-refractivity contribution in [3.05, 3.63) is 29.0 Å². The van der Waals surface area contributed by atoms with E-state index in [1.54, 1.807) is 6.07 Å². The minimum Gasteiger partial charge on any atom is -0.486 e. The molecule has 0 aliphatic carbocycles. The summed E-state index contributed by atoms with van der Waals surface area (Å²) in [6.45, 7) is 0.474. The lowest BCUT2D eigenvalue weighted by atomic mass is 10.2. The molecule has 98 valence electrons. The van der Waals surface area contributed by atoms with Crippen molar-refractivity contribution in [3.8, 4) is 5.75 Å². The van der Waals surface area contributed by atoms with Crippen molar-refractivity contribution in [1.82, 2.24) is 5.32 Å². The zero-order chi connectivity index (χ0) is 13.1. The summed E-state index contributed by atoms with van der Waals surface area (Å²) >= 11 is 5.65. The van der Waals surface area contributed by atoms with Crippen LogP contribution in [0.1, 0.15) is 6.42 Å². The van der Waals surface area contributed by atoms with Crippen LogP contribution in [0, 0.1) is 5.82 Å². The third-order valence-electron chi connectivity index (χ3n) is 2.76. The second-order valence-corrected chi connectivity index (χ2v) is 4.47. The molecule has 1 N–H and O–H groups in total. The maximum absolute atomic E-state index is 13.5. The molecule has 0 aromatic heterocycles. The fraction of sp³-hybridized carbons (Fsp3) is 0.417. The Morgan fingerprint density at radius 1 is 1.56 bits per heavy atom. The van der Waals surface area contributed by atoms with E-state index in [0.717, 1.165) is 0 Å². The monoisotopic (exact) mass is 273 g/mol. The van der Waals surface area contributed by atoms with E-state index in [2.05, 4.69) is 10.1 Å². The van der Waals surface area contributed by atoms with E-state index in [0.29, 0.717) is 18.0 Å². The first kappa shape index (κ1) is 13.1. The van der Waals surface area contributed by atoms with Crippen molar-refractivity contribution in [2.75, 3.05) is 13.7 Å². The van der Waals surface area contributed by atoms with E-state index in [-0.39, 0.29) is 17.8 Å². The number of rotatable bonds is 3. The van der Waals surface area contributed by atoms with Crippen molar-refractivity contribution < 1.29 is 18.7 Å². The van der Waals surface area contributed by atoms with Crippen molar-refractivity contribution in [1.29, 1.82) is 0 Å². The van der Waals surface area contributed by atoms with Crippen LogP contribution in [-0.2, 0) is 9.53 Å². The Morgan fingerprint density at radius 3 is 3.00 bits per heavy atom. The van der Waals surface area contributed by atoms with Crippen LogP contribution < -0.4 is 10.1 Å². The van der Waals surface area contributed by atoms with E-state index < -0.39 is 11.9 Å². The second kappa shape index (κ2) is 5.54. The van der Waals surface area contributed by atoms with Gasteiger partial charge in [-0.25, -0.2) is 4.39 Å². The summed E-state index contributed by atoms with van der Waals surface area (Å²) in [7, 11) is 1.33. The predicted molar refractivity (Wildman–Crippen MR) is 64.2 cm³/mol. The van der Waals surface area contributed by atoms with E-state index >= 15 is 0 Å². The maximum Gasteiger partial charge on any atom is 0.323 e. The van der Waals surface area contributed by atoms with Gasteiger partial charge in [0.1, 0.15) is 12.1 Å². The van der Waals surface area contributed by atoms with Crippen LogP contribution in [0.2, 0.25) is 5.02 Å². The molecule has 0 saturated carbocycles. The molecule has 0 amide bonds. The van der Waals surface area contributed by atoms with Crippen molar-refractivity contribution in [2.24, 2.45) is 0 Å². The molecule has 18 heavy (non-hydrogen) atoms. The first-order valence-corrected chi connectivity index (χ1v) is 5.91. The number of carbonyl (C=O) groups is 1. The molecule has 1 fully saturated rings. The molecular formula is C12H13ClFNO3. The molecule has 6 heteroatoms. The average molecular weight is 274 g/mol. The highest BCUT2D eigenvalue weighted by Gasteiger charge is 2.31. The van der Waals surface area contributed by atoms with Gasteiger partial charge in [0.15, 0.2) is 11.6 Å². The van der Waals surface area contributed by atoms with Gasteiger partial charge in [0.05, 0.1) is 7.11 Å². The van der Waals surface area contributed by atoms with Gasteiger partial charge in [0, 0.05) is 18.0 Å². The zero-order valence-corrected chi connectivity index (χ0v) is 10.5. The van der Waals surface area contributed by atoms with Gasteiger partial charge in [0.2, 0.25) is 0 Å². The van der Waals surface area contributed by atoms with Gasteiger partial charge in [-0.3, -0.25) is 4.79 Å². The van der Waals surface area contributed by atoms with Gasteiger partial charge >= 0.3 is 5.97 Å². The summed E-state index contributed by atoms with van der Waals surface area (Å²) in [5.74, 6) is -0.710. The first-order chi connectivity index (χ1) is 8.60. The SMILES string of the molecule is COC(=O)[C@@H]1C[C@@H](Oc2ccc(Cl)cc2F)CN1. The number of methoxy groups -OCH3 is 1. The first-order valence-electron chi connectivity index (χ1n) is 5.53. The summed E-state index contributed by atoms with van der Waals surface area (Å²) < 4.78 is 23.6. The van der Waals surface area contributed by atoms with Gasteiger partial charge in [-0.05, 0) is 18.2 Å². The molecule has 1 heterocycles. The largest absolute Gasteiger partial charge is 0.486 e. The molecule has 1 aliphatic heterocycles.